The van der Waals surface area contributed by atoms with Gasteiger partial charge in [-0.2, -0.15) is 0 Å². The standard InChI is InChI=1S/C52H33NOS/c1-2-12-34(13-3-1)35-24-28-39(29-25-35)53(40-16-10-15-37(32-40)38-27-31-50-47(33-38)43-19-7-9-23-49(43)55-50)48-22-8-6-18-42(48)44-20-11-21-45-46-30-26-36-14-4-5-17-41(36)51(46)54-52(44)45/h1-33H. The summed E-state index contributed by atoms with van der Waals surface area (Å²) in [6.07, 6.45) is 0. The fourth-order valence-electron chi connectivity index (χ4n) is 8.23. The van der Waals surface area contributed by atoms with E-state index in [2.05, 4.69) is 205 Å². The van der Waals surface area contributed by atoms with E-state index in [1.807, 2.05) is 11.3 Å². The average Bonchev–Trinajstić information content (AvgIpc) is 3.83. The van der Waals surface area contributed by atoms with Crippen LogP contribution in [0.2, 0.25) is 0 Å². The van der Waals surface area contributed by atoms with Crippen molar-refractivity contribution in [2.24, 2.45) is 0 Å². The predicted molar refractivity (Wildman–Crippen MR) is 235 cm³/mol. The summed E-state index contributed by atoms with van der Waals surface area (Å²) in [4.78, 5) is 2.39. The minimum absolute atomic E-state index is 0.894. The molecule has 0 saturated heterocycles. The van der Waals surface area contributed by atoms with Crippen LogP contribution >= 0.6 is 11.3 Å². The second-order valence-corrected chi connectivity index (χ2v) is 15.2. The Morgan fingerprint density at radius 3 is 1.89 bits per heavy atom. The third-order valence-electron chi connectivity index (χ3n) is 10.9. The zero-order valence-electron chi connectivity index (χ0n) is 29.8. The highest BCUT2D eigenvalue weighted by atomic mass is 32.1. The largest absolute Gasteiger partial charge is 0.455 e. The molecule has 11 aromatic rings. The Morgan fingerprint density at radius 2 is 0.982 bits per heavy atom. The number of rotatable bonds is 6. The monoisotopic (exact) mass is 719 g/mol. The molecule has 0 bridgehead atoms. The molecule has 0 aliphatic heterocycles. The molecule has 55 heavy (non-hydrogen) atoms. The lowest BCUT2D eigenvalue weighted by Gasteiger charge is -2.28. The minimum atomic E-state index is 0.894. The topological polar surface area (TPSA) is 16.4 Å². The number of anilines is 3. The van der Waals surface area contributed by atoms with Crippen LogP contribution in [-0.4, -0.2) is 0 Å². The Hall–Kier alpha value is -6.94. The molecule has 0 aliphatic carbocycles. The number of thiophene rings is 1. The molecular weight excluding hydrogens is 687 g/mol. The van der Waals surface area contributed by atoms with Gasteiger partial charge in [0.1, 0.15) is 11.2 Å². The first kappa shape index (κ1) is 31.6. The lowest BCUT2D eigenvalue weighted by atomic mass is 9.98. The van der Waals surface area contributed by atoms with Crippen LogP contribution in [0.5, 0.6) is 0 Å². The zero-order valence-corrected chi connectivity index (χ0v) is 30.6. The second-order valence-electron chi connectivity index (χ2n) is 14.1. The molecule has 2 nitrogen and oxygen atoms in total. The van der Waals surface area contributed by atoms with Gasteiger partial charge in [-0.3, -0.25) is 0 Å². The van der Waals surface area contributed by atoms with Gasteiger partial charge in [-0.1, -0.05) is 146 Å². The highest BCUT2D eigenvalue weighted by molar-refractivity contribution is 7.25. The lowest BCUT2D eigenvalue weighted by Crippen LogP contribution is -2.11. The quantitative estimate of drug-likeness (QED) is 0.170. The molecule has 0 saturated carbocycles. The van der Waals surface area contributed by atoms with Crippen molar-refractivity contribution in [1.29, 1.82) is 0 Å². The van der Waals surface area contributed by atoms with E-state index in [1.165, 1.54) is 47.8 Å². The Morgan fingerprint density at radius 1 is 0.345 bits per heavy atom. The Kier molecular flexibility index (Phi) is 7.39. The molecule has 258 valence electrons. The lowest BCUT2D eigenvalue weighted by molar-refractivity contribution is 0.674. The molecule has 0 radical (unpaired) electrons. The molecule has 2 heterocycles. The van der Waals surface area contributed by atoms with Gasteiger partial charge in [-0.15, -0.1) is 11.3 Å². The predicted octanol–water partition coefficient (Wildman–Crippen LogP) is 15.6. The van der Waals surface area contributed by atoms with E-state index in [-0.39, 0.29) is 0 Å². The van der Waals surface area contributed by atoms with Gasteiger partial charge in [-0.05, 0) is 82.2 Å². The first-order valence-electron chi connectivity index (χ1n) is 18.7. The minimum Gasteiger partial charge on any atom is -0.455 e. The average molecular weight is 720 g/mol. The first-order valence-corrected chi connectivity index (χ1v) is 19.5. The van der Waals surface area contributed by atoms with Gasteiger partial charge in [0.15, 0.2) is 0 Å². The van der Waals surface area contributed by atoms with Crippen LogP contribution < -0.4 is 4.90 Å². The zero-order chi connectivity index (χ0) is 36.3. The molecule has 0 spiro atoms. The molecule has 11 rings (SSSR count). The molecule has 0 amide bonds. The van der Waals surface area contributed by atoms with Crippen molar-refractivity contribution >= 4 is 81.3 Å². The van der Waals surface area contributed by atoms with E-state index in [9.17, 15) is 0 Å². The van der Waals surface area contributed by atoms with Crippen LogP contribution in [0.4, 0.5) is 17.1 Å². The summed E-state index contributed by atoms with van der Waals surface area (Å²) in [5.41, 5.74) is 12.0. The number of benzene rings is 9. The van der Waals surface area contributed by atoms with Crippen LogP contribution in [0.15, 0.2) is 205 Å². The fourth-order valence-corrected chi connectivity index (χ4v) is 9.31. The summed E-state index contributed by atoms with van der Waals surface area (Å²) in [7, 11) is 0. The van der Waals surface area contributed by atoms with Gasteiger partial charge in [-0.25, -0.2) is 0 Å². The second kappa shape index (κ2) is 12.9. The number of para-hydroxylation sites is 2. The van der Waals surface area contributed by atoms with E-state index in [0.717, 1.165) is 55.5 Å². The highest BCUT2D eigenvalue weighted by Gasteiger charge is 2.21. The van der Waals surface area contributed by atoms with Crippen molar-refractivity contribution in [1.82, 2.24) is 0 Å². The van der Waals surface area contributed by atoms with E-state index in [1.54, 1.807) is 0 Å². The maximum Gasteiger partial charge on any atom is 0.143 e. The van der Waals surface area contributed by atoms with Gasteiger partial charge < -0.3 is 9.32 Å². The maximum atomic E-state index is 6.88. The van der Waals surface area contributed by atoms with Gasteiger partial charge >= 0.3 is 0 Å². The fraction of sp³-hybridized carbons (Fsp3) is 0. The molecule has 0 unspecified atom stereocenters. The van der Waals surface area contributed by atoms with Crippen molar-refractivity contribution in [3.63, 3.8) is 0 Å². The van der Waals surface area contributed by atoms with Crippen LogP contribution in [0.25, 0.3) is 86.3 Å². The number of furan rings is 1. The molecule has 0 aliphatic rings. The van der Waals surface area contributed by atoms with Crippen molar-refractivity contribution in [3.8, 4) is 33.4 Å². The summed E-state index contributed by atoms with van der Waals surface area (Å²) < 4.78 is 9.51. The van der Waals surface area contributed by atoms with E-state index < -0.39 is 0 Å². The maximum absolute atomic E-state index is 6.88. The Bertz CT molecular complexity index is 3210. The third kappa shape index (κ3) is 5.32. The third-order valence-corrected chi connectivity index (χ3v) is 12.0. The van der Waals surface area contributed by atoms with Crippen molar-refractivity contribution in [2.45, 2.75) is 0 Å². The van der Waals surface area contributed by atoms with Crippen molar-refractivity contribution in [3.05, 3.63) is 200 Å². The first-order chi connectivity index (χ1) is 27.3. The normalized spacial score (nSPS) is 11.6. The summed E-state index contributed by atoms with van der Waals surface area (Å²) >= 11 is 1.85. The summed E-state index contributed by atoms with van der Waals surface area (Å²) in [6.45, 7) is 0. The molecule has 2 aromatic heterocycles. The van der Waals surface area contributed by atoms with Gasteiger partial charge in [0.25, 0.3) is 0 Å². The number of hydrogen-bond donors (Lipinski definition) is 0. The van der Waals surface area contributed by atoms with Crippen LogP contribution in [0, 0.1) is 0 Å². The SMILES string of the molecule is c1ccc(-c2ccc(N(c3cccc(-c4ccc5sc6ccccc6c5c4)c3)c3ccccc3-c3cccc4c3oc3c5ccccc5ccc43)cc2)cc1. The van der Waals surface area contributed by atoms with Gasteiger partial charge in [0.2, 0.25) is 0 Å². The van der Waals surface area contributed by atoms with Crippen LogP contribution in [0.1, 0.15) is 0 Å². The molecule has 3 heteroatoms. The number of hydrogen-bond acceptors (Lipinski definition) is 3. The highest BCUT2D eigenvalue weighted by Crippen LogP contribution is 2.46. The molecule has 0 atom stereocenters. The van der Waals surface area contributed by atoms with Gasteiger partial charge in [0, 0.05) is 58.8 Å². The van der Waals surface area contributed by atoms with E-state index in [4.69, 9.17) is 4.42 Å². The summed E-state index contributed by atoms with van der Waals surface area (Å²) in [5.74, 6) is 0. The van der Waals surface area contributed by atoms with Crippen LogP contribution in [0.3, 0.4) is 0 Å². The Labute approximate surface area is 322 Å². The molecule has 0 fully saturated rings. The summed E-state index contributed by atoms with van der Waals surface area (Å²) in [6, 6.07) is 72.1. The van der Waals surface area contributed by atoms with Crippen molar-refractivity contribution < 1.29 is 4.42 Å². The smallest absolute Gasteiger partial charge is 0.143 e. The number of fused-ring (bicyclic) bond motifs is 8. The summed E-state index contributed by atoms with van der Waals surface area (Å²) in [5, 5.41) is 7.15. The van der Waals surface area contributed by atoms with Gasteiger partial charge in [0.05, 0.1) is 5.69 Å². The number of nitrogens with zero attached hydrogens (tertiary/aromatic N) is 1. The van der Waals surface area contributed by atoms with Crippen LogP contribution in [-0.2, 0) is 0 Å². The van der Waals surface area contributed by atoms with E-state index >= 15 is 0 Å². The Balaban J connectivity index is 1.10. The molecular formula is C52H33NOS. The van der Waals surface area contributed by atoms with Crippen molar-refractivity contribution in [2.75, 3.05) is 4.90 Å². The molecule has 0 N–H and O–H groups in total. The molecule has 9 aromatic carbocycles. The van der Waals surface area contributed by atoms with E-state index in [0.29, 0.717) is 0 Å².